The van der Waals surface area contributed by atoms with Crippen LogP contribution in [0.25, 0.3) is 5.57 Å². The molecule has 94 valence electrons. The van der Waals surface area contributed by atoms with Gasteiger partial charge >= 0.3 is 0 Å². The van der Waals surface area contributed by atoms with Crippen molar-refractivity contribution < 1.29 is 9.78 Å². The summed E-state index contributed by atoms with van der Waals surface area (Å²) < 4.78 is 0. The van der Waals surface area contributed by atoms with E-state index in [4.69, 9.17) is 4.89 Å². The highest BCUT2D eigenvalue weighted by atomic mass is 17.2. The fourth-order valence-corrected chi connectivity index (χ4v) is 1.61. The Balaban J connectivity index is 2.99. The van der Waals surface area contributed by atoms with Gasteiger partial charge in [-0.25, -0.2) is 0 Å². The molecule has 17 heavy (non-hydrogen) atoms. The number of hydrogen-bond donors (Lipinski definition) is 0. The second-order valence-electron chi connectivity index (χ2n) is 5.26. The molecule has 0 saturated heterocycles. The summed E-state index contributed by atoms with van der Waals surface area (Å²) in [6, 6.07) is 8.58. The van der Waals surface area contributed by atoms with E-state index in [0.717, 1.165) is 16.9 Å². The molecule has 0 aromatic heterocycles. The van der Waals surface area contributed by atoms with Crippen LogP contribution >= 0.6 is 0 Å². The lowest BCUT2D eigenvalue weighted by Crippen LogP contribution is -2.10. The quantitative estimate of drug-likeness (QED) is 0.440. The van der Waals surface area contributed by atoms with Crippen molar-refractivity contribution in [3.05, 3.63) is 41.2 Å². The van der Waals surface area contributed by atoms with Gasteiger partial charge in [0.05, 0.1) is 7.11 Å². The predicted molar refractivity (Wildman–Crippen MR) is 71.5 cm³/mol. The van der Waals surface area contributed by atoms with Crippen LogP contribution in [0.2, 0.25) is 0 Å². The Hall–Kier alpha value is -1.28. The van der Waals surface area contributed by atoms with E-state index in [9.17, 15) is 0 Å². The molecule has 0 spiro atoms. The van der Waals surface area contributed by atoms with E-state index in [1.54, 1.807) is 0 Å². The zero-order valence-electron chi connectivity index (χ0n) is 11.6. The SMILES string of the molecule is COOC(C)=C(C)c1ccc(C(C)(C)C)cc1. The van der Waals surface area contributed by atoms with Crippen molar-refractivity contribution in [1.29, 1.82) is 0 Å². The van der Waals surface area contributed by atoms with Crippen LogP contribution in [-0.2, 0) is 15.2 Å². The number of allylic oxidation sites excluding steroid dienone is 2. The molecule has 0 saturated carbocycles. The highest BCUT2D eigenvalue weighted by molar-refractivity contribution is 5.65. The van der Waals surface area contributed by atoms with E-state index in [1.807, 2.05) is 13.8 Å². The van der Waals surface area contributed by atoms with Gasteiger partial charge in [-0.1, -0.05) is 45.0 Å². The van der Waals surface area contributed by atoms with Crippen LogP contribution in [0.1, 0.15) is 45.7 Å². The summed E-state index contributed by atoms with van der Waals surface area (Å²) in [5.74, 6) is 0.788. The summed E-state index contributed by atoms with van der Waals surface area (Å²) in [6.07, 6.45) is 0. The lowest BCUT2D eigenvalue weighted by atomic mass is 9.86. The topological polar surface area (TPSA) is 18.5 Å². The Bertz CT molecular complexity index is 394. The molecule has 0 radical (unpaired) electrons. The molecule has 0 N–H and O–H groups in total. The second-order valence-corrected chi connectivity index (χ2v) is 5.26. The third-order valence-electron chi connectivity index (χ3n) is 2.92. The Morgan fingerprint density at radius 3 is 1.94 bits per heavy atom. The number of benzene rings is 1. The van der Waals surface area contributed by atoms with E-state index in [0.29, 0.717) is 0 Å². The fraction of sp³-hybridized carbons (Fsp3) is 0.467. The van der Waals surface area contributed by atoms with Gasteiger partial charge < -0.3 is 4.89 Å². The van der Waals surface area contributed by atoms with Crippen LogP contribution in [0, 0.1) is 0 Å². The molecular weight excluding hydrogens is 212 g/mol. The van der Waals surface area contributed by atoms with Crippen molar-refractivity contribution >= 4 is 5.57 Å². The Morgan fingerprint density at radius 2 is 1.53 bits per heavy atom. The van der Waals surface area contributed by atoms with Gasteiger partial charge in [0.15, 0.2) is 0 Å². The Labute approximate surface area is 104 Å². The monoisotopic (exact) mass is 234 g/mol. The van der Waals surface area contributed by atoms with Crippen molar-refractivity contribution in [2.24, 2.45) is 0 Å². The van der Waals surface area contributed by atoms with Gasteiger partial charge in [0.1, 0.15) is 5.76 Å². The highest BCUT2D eigenvalue weighted by Gasteiger charge is 2.13. The van der Waals surface area contributed by atoms with Gasteiger partial charge in [0.2, 0.25) is 0 Å². The van der Waals surface area contributed by atoms with E-state index in [-0.39, 0.29) is 5.41 Å². The first kappa shape index (κ1) is 13.8. The van der Waals surface area contributed by atoms with Gasteiger partial charge in [0, 0.05) is 0 Å². The van der Waals surface area contributed by atoms with E-state index in [1.165, 1.54) is 12.7 Å². The summed E-state index contributed by atoms with van der Waals surface area (Å²) in [4.78, 5) is 9.70. The van der Waals surface area contributed by atoms with Gasteiger partial charge in [-0.2, -0.15) is 4.89 Å². The first-order valence-electron chi connectivity index (χ1n) is 5.85. The van der Waals surface area contributed by atoms with Gasteiger partial charge in [-0.05, 0) is 36.0 Å². The van der Waals surface area contributed by atoms with Crippen LogP contribution in [-0.4, -0.2) is 7.11 Å². The predicted octanol–water partition coefficient (Wildman–Crippen LogP) is 4.31. The van der Waals surface area contributed by atoms with E-state index >= 15 is 0 Å². The van der Waals surface area contributed by atoms with Crippen LogP contribution in [0.5, 0.6) is 0 Å². The molecule has 1 rings (SSSR count). The first-order valence-corrected chi connectivity index (χ1v) is 5.85. The van der Waals surface area contributed by atoms with E-state index < -0.39 is 0 Å². The maximum Gasteiger partial charge on any atom is 0.142 e. The first-order chi connectivity index (χ1) is 7.86. The molecule has 1 aromatic carbocycles. The summed E-state index contributed by atoms with van der Waals surface area (Å²) in [5, 5.41) is 0. The number of rotatable bonds is 3. The summed E-state index contributed by atoms with van der Waals surface area (Å²) in [6.45, 7) is 10.6. The summed E-state index contributed by atoms with van der Waals surface area (Å²) in [7, 11) is 1.51. The summed E-state index contributed by atoms with van der Waals surface area (Å²) >= 11 is 0. The van der Waals surface area contributed by atoms with Gasteiger partial charge in [0.25, 0.3) is 0 Å². The van der Waals surface area contributed by atoms with Crippen molar-refractivity contribution in [3.63, 3.8) is 0 Å². The maximum atomic E-state index is 5.04. The smallest absolute Gasteiger partial charge is 0.142 e. The normalized spacial score (nSPS) is 13.3. The van der Waals surface area contributed by atoms with Crippen LogP contribution in [0.4, 0.5) is 0 Å². The molecule has 2 heteroatoms. The third-order valence-corrected chi connectivity index (χ3v) is 2.92. The highest BCUT2D eigenvalue weighted by Crippen LogP contribution is 2.25. The average Bonchev–Trinajstić information content (AvgIpc) is 2.27. The van der Waals surface area contributed by atoms with Crippen LogP contribution in [0.3, 0.4) is 0 Å². The Kier molecular flexibility index (Phi) is 4.35. The molecule has 0 fully saturated rings. The van der Waals surface area contributed by atoms with Crippen LogP contribution < -0.4 is 0 Å². The minimum absolute atomic E-state index is 0.189. The molecule has 0 aliphatic heterocycles. The van der Waals surface area contributed by atoms with Gasteiger partial charge in [-0.3, -0.25) is 0 Å². The molecule has 1 aromatic rings. The van der Waals surface area contributed by atoms with Gasteiger partial charge in [-0.15, -0.1) is 0 Å². The molecule has 0 heterocycles. The zero-order chi connectivity index (χ0) is 13.1. The number of hydrogen-bond acceptors (Lipinski definition) is 2. The van der Waals surface area contributed by atoms with Crippen molar-refractivity contribution in [1.82, 2.24) is 0 Å². The average molecular weight is 234 g/mol. The lowest BCUT2D eigenvalue weighted by Gasteiger charge is -2.19. The second kappa shape index (κ2) is 5.37. The largest absolute Gasteiger partial charge is 0.342 e. The zero-order valence-corrected chi connectivity index (χ0v) is 11.6. The molecule has 2 nitrogen and oxygen atoms in total. The Morgan fingerprint density at radius 1 is 1.00 bits per heavy atom. The van der Waals surface area contributed by atoms with E-state index in [2.05, 4.69) is 49.9 Å². The molecule has 0 aliphatic carbocycles. The fourth-order valence-electron chi connectivity index (χ4n) is 1.61. The van der Waals surface area contributed by atoms with Crippen molar-refractivity contribution in [2.45, 2.75) is 40.0 Å². The molecular formula is C15H22O2. The molecule has 0 atom stereocenters. The minimum atomic E-state index is 0.189. The maximum absolute atomic E-state index is 5.04. The lowest BCUT2D eigenvalue weighted by molar-refractivity contribution is -0.235. The molecule has 0 amide bonds. The summed E-state index contributed by atoms with van der Waals surface area (Å²) in [5.41, 5.74) is 3.77. The van der Waals surface area contributed by atoms with Crippen molar-refractivity contribution in [2.75, 3.05) is 7.11 Å². The van der Waals surface area contributed by atoms with Crippen LogP contribution in [0.15, 0.2) is 30.0 Å². The van der Waals surface area contributed by atoms with Crippen molar-refractivity contribution in [3.8, 4) is 0 Å². The standard InChI is InChI=1S/C15H22O2/c1-11(12(2)17-16-6)13-7-9-14(10-8-13)15(3,4)5/h7-10H,1-6H3. The molecule has 0 unspecified atom stereocenters. The third kappa shape index (κ3) is 3.60. The minimum Gasteiger partial charge on any atom is -0.342 e. The molecule has 0 bridgehead atoms. The molecule has 0 aliphatic rings.